The highest BCUT2D eigenvalue weighted by Crippen LogP contribution is 2.26. The average molecular weight is 256 g/mol. The van der Waals surface area contributed by atoms with Crippen LogP contribution in [0.4, 0.5) is 0 Å². The lowest BCUT2D eigenvalue weighted by Crippen LogP contribution is -2.22. The second kappa shape index (κ2) is 5.32. The van der Waals surface area contributed by atoms with Crippen molar-refractivity contribution in [1.82, 2.24) is 19.9 Å². The third kappa shape index (κ3) is 2.71. The van der Waals surface area contributed by atoms with E-state index in [-0.39, 0.29) is 6.10 Å². The Hall–Kier alpha value is -2.01. The van der Waals surface area contributed by atoms with Gasteiger partial charge in [-0.2, -0.15) is 0 Å². The molecule has 0 bridgehead atoms. The van der Waals surface area contributed by atoms with Gasteiger partial charge < -0.3 is 9.64 Å². The molecule has 2 aromatic rings. The first-order valence-corrected chi connectivity index (χ1v) is 6.39. The van der Waals surface area contributed by atoms with E-state index in [1.54, 1.807) is 24.8 Å². The van der Waals surface area contributed by atoms with Crippen molar-refractivity contribution >= 4 is 0 Å². The zero-order valence-corrected chi connectivity index (χ0v) is 10.9. The molecule has 0 radical (unpaired) electrons. The Bertz CT molecular complexity index is 546. The summed E-state index contributed by atoms with van der Waals surface area (Å²) in [5.41, 5.74) is 1.75. The predicted molar refractivity (Wildman–Crippen MR) is 71.8 cm³/mol. The van der Waals surface area contributed by atoms with Crippen molar-refractivity contribution in [3.63, 3.8) is 0 Å². The Morgan fingerprint density at radius 2 is 1.95 bits per heavy atom. The van der Waals surface area contributed by atoms with Crippen LogP contribution in [0.25, 0.3) is 11.3 Å². The Labute approximate surface area is 112 Å². The number of nitrogens with zero attached hydrogens (tertiary/aromatic N) is 4. The van der Waals surface area contributed by atoms with E-state index >= 15 is 0 Å². The van der Waals surface area contributed by atoms with Crippen LogP contribution in [0.2, 0.25) is 0 Å². The molecule has 0 N–H and O–H groups in total. The van der Waals surface area contributed by atoms with Crippen LogP contribution < -0.4 is 4.74 Å². The Kier molecular flexibility index (Phi) is 3.37. The minimum Gasteiger partial charge on any atom is -0.471 e. The fourth-order valence-corrected chi connectivity index (χ4v) is 2.27. The van der Waals surface area contributed by atoms with E-state index in [0.717, 1.165) is 30.8 Å². The van der Waals surface area contributed by atoms with Crippen LogP contribution >= 0.6 is 0 Å². The Balaban J connectivity index is 1.86. The van der Waals surface area contributed by atoms with Crippen LogP contribution in [0, 0.1) is 0 Å². The van der Waals surface area contributed by atoms with Gasteiger partial charge in [0.15, 0.2) is 0 Å². The van der Waals surface area contributed by atoms with E-state index < -0.39 is 0 Å². The molecule has 1 aliphatic heterocycles. The zero-order valence-electron chi connectivity index (χ0n) is 10.9. The lowest BCUT2D eigenvalue weighted by molar-refractivity contribution is 0.200. The lowest BCUT2D eigenvalue weighted by Gasteiger charge is -2.14. The average Bonchev–Trinajstić information content (AvgIpc) is 2.86. The predicted octanol–water partition coefficient (Wildman–Crippen LogP) is 1.62. The molecule has 0 amide bonds. The molecule has 1 aliphatic rings. The lowest BCUT2D eigenvalue weighted by atomic mass is 10.2. The van der Waals surface area contributed by atoms with Crippen molar-refractivity contribution in [3.8, 4) is 17.1 Å². The summed E-state index contributed by atoms with van der Waals surface area (Å²) >= 11 is 0. The van der Waals surface area contributed by atoms with E-state index in [1.165, 1.54) is 0 Å². The largest absolute Gasteiger partial charge is 0.471 e. The molecule has 0 aliphatic carbocycles. The minimum absolute atomic E-state index is 0.197. The molecule has 0 spiro atoms. The number of hydrogen-bond acceptors (Lipinski definition) is 5. The van der Waals surface area contributed by atoms with Crippen molar-refractivity contribution < 1.29 is 4.74 Å². The second-order valence-electron chi connectivity index (χ2n) is 4.74. The summed E-state index contributed by atoms with van der Waals surface area (Å²) in [6.07, 6.45) is 8.07. The highest BCUT2D eigenvalue weighted by molar-refractivity contribution is 5.63. The molecule has 3 heterocycles. The van der Waals surface area contributed by atoms with Gasteiger partial charge in [0, 0.05) is 43.4 Å². The summed E-state index contributed by atoms with van der Waals surface area (Å²) in [6.45, 7) is 2.00. The summed E-state index contributed by atoms with van der Waals surface area (Å²) in [5, 5.41) is 0. The number of hydrogen-bond donors (Lipinski definition) is 0. The van der Waals surface area contributed by atoms with Crippen molar-refractivity contribution in [2.45, 2.75) is 12.5 Å². The van der Waals surface area contributed by atoms with Crippen LogP contribution in [0.5, 0.6) is 5.88 Å². The fraction of sp³-hybridized carbons (Fsp3) is 0.357. The molecule has 0 aromatic carbocycles. The van der Waals surface area contributed by atoms with Gasteiger partial charge in [-0.3, -0.25) is 4.98 Å². The van der Waals surface area contributed by atoms with E-state index in [2.05, 4.69) is 26.9 Å². The quantitative estimate of drug-likeness (QED) is 0.835. The van der Waals surface area contributed by atoms with Gasteiger partial charge in [0.2, 0.25) is 5.88 Å². The number of ether oxygens (including phenoxy) is 1. The SMILES string of the molecule is CN1CCC(Oc2nccnc2-c2ccncc2)C1. The topological polar surface area (TPSA) is 51.1 Å². The molecular weight excluding hydrogens is 240 g/mol. The molecule has 1 unspecified atom stereocenters. The highest BCUT2D eigenvalue weighted by atomic mass is 16.5. The second-order valence-corrected chi connectivity index (χ2v) is 4.74. The summed E-state index contributed by atoms with van der Waals surface area (Å²) in [7, 11) is 2.10. The minimum atomic E-state index is 0.197. The van der Waals surface area contributed by atoms with Crippen molar-refractivity contribution in [3.05, 3.63) is 36.9 Å². The summed E-state index contributed by atoms with van der Waals surface area (Å²) < 4.78 is 6.00. The third-order valence-corrected chi connectivity index (χ3v) is 3.24. The van der Waals surface area contributed by atoms with Gasteiger partial charge in [-0.15, -0.1) is 0 Å². The van der Waals surface area contributed by atoms with Gasteiger partial charge in [0.1, 0.15) is 11.8 Å². The highest BCUT2D eigenvalue weighted by Gasteiger charge is 2.23. The maximum atomic E-state index is 6.00. The first-order chi connectivity index (χ1) is 9.33. The number of likely N-dealkylation sites (tertiary alicyclic amines) is 1. The van der Waals surface area contributed by atoms with Gasteiger partial charge in [-0.1, -0.05) is 0 Å². The normalized spacial score (nSPS) is 19.5. The summed E-state index contributed by atoms with van der Waals surface area (Å²) in [5.74, 6) is 0.606. The van der Waals surface area contributed by atoms with E-state index in [4.69, 9.17) is 4.74 Å². The molecule has 3 rings (SSSR count). The van der Waals surface area contributed by atoms with Crippen LogP contribution in [0.1, 0.15) is 6.42 Å². The van der Waals surface area contributed by atoms with E-state index in [1.807, 2.05) is 12.1 Å². The summed E-state index contributed by atoms with van der Waals surface area (Å²) in [6, 6.07) is 3.83. The van der Waals surface area contributed by atoms with Crippen molar-refractivity contribution in [1.29, 1.82) is 0 Å². The zero-order chi connectivity index (χ0) is 13.1. The van der Waals surface area contributed by atoms with Crippen LogP contribution in [-0.4, -0.2) is 46.1 Å². The van der Waals surface area contributed by atoms with Gasteiger partial charge >= 0.3 is 0 Å². The van der Waals surface area contributed by atoms with Crippen LogP contribution in [0.3, 0.4) is 0 Å². The summed E-state index contributed by atoms with van der Waals surface area (Å²) in [4.78, 5) is 15.0. The fourth-order valence-electron chi connectivity index (χ4n) is 2.27. The molecule has 0 saturated carbocycles. The number of rotatable bonds is 3. The first-order valence-electron chi connectivity index (χ1n) is 6.39. The number of likely N-dealkylation sites (N-methyl/N-ethyl adjacent to an activating group) is 1. The monoisotopic (exact) mass is 256 g/mol. The molecular formula is C14H16N4O. The number of aromatic nitrogens is 3. The smallest absolute Gasteiger partial charge is 0.240 e. The van der Waals surface area contributed by atoms with E-state index in [9.17, 15) is 0 Å². The molecule has 1 fully saturated rings. The Morgan fingerprint density at radius 1 is 1.16 bits per heavy atom. The van der Waals surface area contributed by atoms with Gasteiger partial charge in [0.05, 0.1) is 0 Å². The van der Waals surface area contributed by atoms with Crippen LogP contribution in [0.15, 0.2) is 36.9 Å². The molecule has 5 nitrogen and oxygen atoms in total. The third-order valence-electron chi connectivity index (χ3n) is 3.24. The molecule has 2 aromatic heterocycles. The maximum Gasteiger partial charge on any atom is 0.240 e. The maximum absolute atomic E-state index is 6.00. The van der Waals surface area contributed by atoms with Gasteiger partial charge in [-0.05, 0) is 25.6 Å². The molecule has 5 heteroatoms. The molecule has 98 valence electrons. The van der Waals surface area contributed by atoms with Crippen molar-refractivity contribution in [2.24, 2.45) is 0 Å². The first kappa shape index (κ1) is 12.0. The van der Waals surface area contributed by atoms with Crippen molar-refractivity contribution in [2.75, 3.05) is 20.1 Å². The molecule has 1 atom stereocenters. The standard InChI is InChI=1S/C14H16N4O/c1-18-9-4-12(10-18)19-14-13(16-7-8-17-14)11-2-5-15-6-3-11/h2-3,5-8,12H,4,9-10H2,1H3. The Morgan fingerprint density at radius 3 is 2.68 bits per heavy atom. The van der Waals surface area contributed by atoms with E-state index in [0.29, 0.717) is 5.88 Å². The van der Waals surface area contributed by atoms with Gasteiger partial charge in [0.25, 0.3) is 0 Å². The van der Waals surface area contributed by atoms with Gasteiger partial charge in [-0.25, -0.2) is 9.97 Å². The van der Waals surface area contributed by atoms with Crippen LogP contribution in [-0.2, 0) is 0 Å². The number of pyridine rings is 1. The molecule has 19 heavy (non-hydrogen) atoms. The molecule has 1 saturated heterocycles.